The second kappa shape index (κ2) is 8.59. The van der Waals surface area contributed by atoms with Crippen molar-refractivity contribution in [3.8, 4) is 5.69 Å². The number of hydrogen-bond donors (Lipinski definition) is 1. The summed E-state index contributed by atoms with van der Waals surface area (Å²) >= 11 is 2.56. The number of nitrogens with one attached hydrogen (secondary N) is 1. The molecule has 146 valence electrons. The third kappa shape index (κ3) is 4.38. The number of para-hydroxylation sites is 1. The SMILES string of the molecule is O=C(CSc1nc2ccsc2c(=O)n1-c1ccccc1)NCc1ccc(F)cc1. The number of benzene rings is 2. The molecule has 0 saturated heterocycles. The smallest absolute Gasteiger partial charge is 0.276 e. The van der Waals surface area contributed by atoms with Gasteiger partial charge in [0.25, 0.3) is 5.56 Å². The van der Waals surface area contributed by atoms with E-state index in [-0.39, 0.29) is 23.0 Å². The normalized spacial score (nSPS) is 10.9. The van der Waals surface area contributed by atoms with Gasteiger partial charge in [0.1, 0.15) is 10.5 Å². The molecular formula is C21H16FN3O2S2. The lowest BCUT2D eigenvalue weighted by Crippen LogP contribution is -2.26. The van der Waals surface area contributed by atoms with E-state index in [4.69, 9.17) is 0 Å². The van der Waals surface area contributed by atoms with Gasteiger partial charge in [-0.15, -0.1) is 11.3 Å². The van der Waals surface area contributed by atoms with Gasteiger partial charge in [0.15, 0.2) is 5.16 Å². The maximum atomic E-state index is 13.0. The number of fused-ring (bicyclic) bond motifs is 1. The number of aromatic nitrogens is 2. The predicted octanol–water partition coefficient (Wildman–Crippen LogP) is 3.99. The lowest BCUT2D eigenvalue weighted by Gasteiger charge is -2.12. The van der Waals surface area contributed by atoms with Gasteiger partial charge >= 0.3 is 0 Å². The van der Waals surface area contributed by atoms with Crippen LogP contribution in [0.4, 0.5) is 4.39 Å². The van der Waals surface area contributed by atoms with E-state index in [1.165, 1.54) is 39.8 Å². The highest BCUT2D eigenvalue weighted by Gasteiger charge is 2.15. The van der Waals surface area contributed by atoms with Crippen molar-refractivity contribution in [2.75, 3.05) is 5.75 Å². The van der Waals surface area contributed by atoms with E-state index in [9.17, 15) is 14.0 Å². The largest absolute Gasteiger partial charge is 0.351 e. The average Bonchev–Trinajstić information content (AvgIpc) is 3.21. The van der Waals surface area contributed by atoms with Crippen molar-refractivity contribution in [3.05, 3.63) is 87.8 Å². The highest BCUT2D eigenvalue weighted by molar-refractivity contribution is 7.99. The van der Waals surface area contributed by atoms with Crippen molar-refractivity contribution in [1.82, 2.24) is 14.9 Å². The van der Waals surface area contributed by atoms with Crippen molar-refractivity contribution in [3.63, 3.8) is 0 Å². The summed E-state index contributed by atoms with van der Waals surface area (Å²) in [5.74, 6) is -0.404. The molecule has 2 aromatic carbocycles. The molecule has 0 bridgehead atoms. The first-order valence-electron chi connectivity index (χ1n) is 8.81. The van der Waals surface area contributed by atoms with E-state index in [1.54, 1.807) is 18.2 Å². The van der Waals surface area contributed by atoms with Crippen LogP contribution in [0.3, 0.4) is 0 Å². The number of carbonyl (C=O) groups excluding carboxylic acids is 1. The summed E-state index contributed by atoms with van der Waals surface area (Å²) in [7, 11) is 0. The Bertz CT molecular complexity index is 1200. The van der Waals surface area contributed by atoms with Crippen LogP contribution in [0.5, 0.6) is 0 Å². The molecule has 0 spiro atoms. The number of amides is 1. The van der Waals surface area contributed by atoms with Gasteiger partial charge in [-0.25, -0.2) is 9.37 Å². The van der Waals surface area contributed by atoms with Crippen LogP contribution < -0.4 is 10.9 Å². The van der Waals surface area contributed by atoms with Crippen LogP contribution in [0.1, 0.15) is 5.56 Å². The van der Waals surface area contributed by atoms with Gasteiger partial charge in [0.2, 0.25) is 5.91 Å². The number of thioether (sulfide) groups is 1. The number of carbonyl (C=O) groups is 1. The summed E-state index contributed by atoms with van der Waals surface area (Å²) < 4.78 is 15.1. The van der Waals surface area contributed by atoms with Crippen molar-refractivity contribution < 1.29 is 9.18 Å². The molecule has 0 radical (unpaired) electrons. The molecule has 0 unspecified atom stereocenters. The van der Waals surface area contributed by atoms with Crippen LogP contribution in [-0.2, 0) is 11.3 Å². The highest BCUT2D eigenvalue weighted by atomic mass is 32.2. The molecule has 5 nitrogen and oxygen atoms in total. The monoisotopic (exact) mass is 425 g/mol. The quantitative estimate of drug-likeness (QED) is 0.375. The molecule has 0 saturated carbocycles. The van der Waals surface area contributed by atoms with Gasteiger partial charge in [-0.2, -0.15) is 0 Å². The predicted molar refractivity (Wildman–Crippen MR) is 114 cm³/mol. The zero-order valence-corrected chi connectivity index (χ0v) is 16.8. The molecule has 0 atom stereocenters. The Kier molecular flexibility index (Phi) is 5.73. The van der Waals surface area contributed by atoms with Gasteiger partial charge in [0, 0.05) is 6.54 Å². The van der Waals surface area contributed by atoms with Gasteiger partial charge in [0.05, 0.1) is 17.0 Å². The van der Waals surface area contributed by atoms with Crippen LogP contribution >= 0.6 is 23.1 Å². The Morgan fingerprint density at radius 3 is 2.62 bits per heavy atom. The summed E-state index contributed by atoms with van der Waals surface area (Å²) in [6, 6.07) is 17.0. The molecule has 4 rings (SSSR count). The number of thiophene rings is 1. The zero-order chi connectivity index (χ0) is 20.2. The zero-order valence-electron chi connectivity index (χ0n) is 15.2. The van der Waals surface area contributed by atoms with E-state index < -0.39 is 0 Å². The highest BCUT2D eigenvalue weighted by Crippen LogP contribution is 2.23. The molecule has 29 heavy (non-hydrogen) atoms. The maximum Gasteiger partial charge on any atom is 0.276 e. The molecule has 2 aromatic heterocycles. The second-order valence-electron chi connectivity index (χ2n) is 6.20. The topological polar surface area (TPSA) is 64.0 Å². The summed E-state index contributed by atoms with van der Waals surface area (Å²) in [6.07, 6.45) is 0. The van der Waals surface area contributed by atoms with Crippen molar-refractivity contribution in [2.24, 2.45) is 0 Å². The van der Waals surface area contributed by atoms with E-state index in [0.717, 1.165) is 5.56 Å². The standard InChI is InChI=1S/C21H16FN3O2S2/c22-15-8-6-14(7-9-15)12-23-18(26)13-29-21-24-17-10-11-28-19(17)20(27)25(21)16-4-2-1-3-5-16/h1-11H,12-13H2,(H,23,26). The van der Waals surface area contributed by atoms with Gasteiger partial charge in [-0.3, -0.25) is 14.2 Å². The number of hydrogen-bond acceptors (Lipinski definition) is 5. The van der Waals surface area contributed by atoms with Crippen LogP contribution in [0.15, 0.2) is 76.0 Å². The Balaban J connectivity index is 1.53. The second-order valence-corrected chi connectivity index (χ2v) is 8.06. The molecule has 0 aliphatic carbocycles. The Hall–Kier alpha value is -2.97. The maximum absolute atomic E-state index is 13.0. The minimum absolute atomic E-state index is 0.107. The molecule has 1 N–H and O–H groups in total. The molecule has 0 fully saturated rings. The Labute approximate surface area is 174 Å². The minimum Gasteiger partial charge on any atom is -0.351 e. The number of nitrogens with zero attached hydrogens (tertiary/aromatic N) is 2. The molecule has 0 aliphatic heterocycles. The minimum atomic E-state index is -0.315. The van der Waals surface area contributed by atoms with Gasteiger partial charge in [-0.1, -0.05) is 42.1 Å². The van der Waals surface area contributed by atoms with E-state index in [2.05, 4.69) is 10.3 Å². The average molecular weight is 426 g/mol. The fourth-order valence-electron chi connectivity index (χ4n) is 2.78. The number of halogens is 1. The van der Waals surface area contributed by atoms with E-state index >= 15 is 0 Å². The molecular weight excluding hydrogens is 409 g/mol. The molecule has 1 amide bonds. The molecule has 4 aromatic rings. The lowest BCUT2D eigenvalue weighted by molar-refractivity contribution is -0.118. The van der Waals surface area contributed by atoms with Crippen LogP contribution in [-0.4, -0.2) is 21.2 Å². The van der Waals surface area contributed by atoms with Crippen LogP contribution in [0.2, 0.25) is 0 Å². The first-order valence-corrected chi connectivity index (χ1v) is 10.7. The fourth-order valence-corrected chi connectivity index (χ4v) is 4.38. The molecule has 0 aliphatic rings. The lowest BCUT2D eigenvalue weighted by atomic mass is 10.2. The fraction of sp³-hybridized carbons (Fsp3) is 0.0952. The first-order chi connectivity index (χ1) is 14.1. The van der Waals surface area contributed by atoms with Crippen LogP contribution in [0.25, 0.3) is 15.9 Å². The van der Waals surface area contributed by atoms with Crippen molar-refractivity contribution >= 4 is 39.2 Å². The summed E-state index contributed by atoms with van der Waals surface area (Å²) in [5.41, 5.74) is 1.99. The summed E-state index contributed by atoms with van der Waals surface area (Å²) in [6.45, 7) is 0.308. The van der Waals surface area contributed by atoms with E-state index in [0.29, 0.717) is 27.6 Å². The molecule has 2 heterocycles. The first kappa shape index (κ1) is 19.4. The third-order valence-corrected chi connectivity index (χ3v) is 6.03. The Morgan fingerprint density at radius 2 is 1.86 bits per heavy atom. The third-order valence-electron chi connectivity index (χ3n) is 4.20. The molecule has 8 heteroatoms. The van der Waals surface area contributed by atoms with Crippen LogP contribution in [0, 0.1) is 5.82 Å². The van der Waals surface area contributed by atoms with Crippen molar-refractivity contribution in [1.29, 1.82) is 0 Å². The summed E-state index contributed by atoms with van der Waals surface area (Å²) in [4.78, 5) is 29.9. The van der Waals surface area contributed by atoms with Crippen molar-refractivity contribution in [2.45, 2.75) is 11.7 Å². The summed E-state index contributed by atoms with van der Waals surface area (Å²) in [5, 5.41) is 5.09. The van der Waals surface area contributed by atoms with E-state index in [1.807, 2.05) is 35.7 Å². The van der Waals surface area contributed by atoms with Gasteiger partial charge < -0.3 is 5.32 Å². The van der Waals surface area contributed by atoms with Gasteiger partial charge in [-0.05, 0) is 41.3 Å². The Morgan fingerprint density at radius 1 is 1.10 bits per heavy atom. The number of rotatable bonds is 6.